The number of benzene rings is 1. The van der Waals surface area contributed by atoms with Crippen molar-refractivity contribution in [3.63, 3.8) is 0 Å². The van der Waals surface area contributed by atoms with E-state index in [1.807, 2.05) is 12.1 Å². The summed E-state index contributed by atoms with van der Waals surface area (Å²) in [4.78, 5) is 39.9. The quantitative estimate of drug-likeness (QED) is 0.217. The average molecular weight is 547 g/mol. The van der Waals surface area contributed by atoms with Crippen molar-refractivity contribution < 1.29 is 19.7 Å². The lowest BCUT2D eigenvalue weighted by Crippen LogP contribution is -2.88. The third-order valence-corrected chi connectivity index (χ3v) is 8.80. The Balaban J connectivity index is 1.23. The zero-order valence-electron chi connectivity index (χ0n) is 22.6. The first-order valence-electron chi connectivity index (χ1n) is 13.7. The van der Waals surface area contributed by atoms with Gasteiger partial charge >= 0.3 is 5.96 Å². The van der Waals surface area contributed by atoms with E-state index in [1.165, 1.54) is 5.56 Å². The zero-order chi connectivity index (χ0) is 28.2. The number of hydrogen-bond donors (Lipinski definition) is 7. The monoisotopic (exact) mass is 546 g/mol. The van der Waals surface area contributed by atoms with Crippen LogP contribution in [0.3, 0.4) is 0 Å². The first-order chi connectivity index (χ1) is 19.1. The van der Waals surface area contributed by atoms with Gasteiger partial charge in [0.2, 0.25) is 5.66 Å². The van der Waals surface area contributed by atoms with E-state index in [2.05, 4.69) is 50.8 Å². The number of carbonyl (C=O) groups excluding carboxylic acids is 2. The number of pyridine rings is 1. The van der Waals surface area contributed by atoms with Gasteiger partial charge in [-0.25, -0.2) is 10.3 Å². The molecule has 3 aliphatic heterocycles. The number of rotatable bonds is 5. The van der Waals surface area contributed by atoms with Gasteiger partial charge in [-0.05, 0) is 54.0 Å². The Hall–Kier alpha value is -4.19. The van der Waals surface area contributed by atoms with Crippen LogP contribution in [-0.2, 0) is 11.8 Å². The Kier molecular flexibility index (Phi) is 6.17. The van der Waals surface area contributed by atoms with Gasteiger partial charge in [0.1, 0.15) is 17.8 Å². The van der Waals surface area contributed by atoms with Crippen molar-refractivity contribution in [1.82, 2.24) is 25.8 Å². The van der Waals surface area contributed by atoms with E-state index in [0.29, 0.717) is 5.56 Å². The third-order valence-electron chi connectivity index (χ3n) is 8.80. The van der Waals surface area contributed by atoms with Crippen LogP contribution in [0, 0.1) is 0 Å². The van der Waals surface area contributed by atoms with Gasteiger partial charge in [0.25, 0.3) is 11.8 Å². The molecule has 2 amide bonds. The minimum Gasteiger partial charge on any atom is -0.385 e. The molecule has 12 nitrogen and oxygen atoms in total. The van der Waals surface area contributed by atoms with Gasteiger partial charge in [-0.15, -0.1) is 0 Å². The number of aliphatic hydroxyl groups is 1. The number of fused-ring (bicyclic) bond motifs is 1. The summed E-state index contributed by atoms with van der Waals surface area (Å²) >= 11 is 0. The van der Waals surface area contributed by atoms with Crippen LogP contribution < -0.4 is 32.4 Å². The Morgan fingerprint density at radius 3 is 2.80 bits per heavy atom. The number of hydrogen-bond acceptors (Lipinski definition) is 9. The Morgan fingerprint density at radius 2 is 2.02 bits per heavy atom. The van der Waals surface area contributed by atoms with Crippen molar-refractivity contribution in [1.29, 1.82) is 0 Å². The zero-order valence-corrected chi connectivity index (χ0v) is 22.6. The number of amides is 2. The van der Waals surface area contributed by atoms with E-state index in [9.17, 15) is 14.7 Å². The van der Waals surface area contributed by atoms with Gasteiger partial charge in [0.05, 0.1) is 6.04 Å². The molecule has 12 heteroatoms. The predicted molar refractivity (Wildman–Crippen MR) is 148 cm³/mol. The summed E-state index contributed by atoms with van der Waals surface area (Å²) in [6.45, 7) is 4.78. The second kappa shape index (κ2) is 9.47. The van der Waals surface area contributed by atoms with Crippen molar-refractivity contribution in [2.45, 2.75) is 68.4 Å². The summed E-state index contributed by atoms with van der Waals surface area (Å²) in [6.07, 6.45) is 3.39. The molecule has 5 atom stereocenters. The van der Waals surface area contributed by atoms with E-state index in [0.717, 1.165) is 24.8 Å². The highest BCUT2D eigenvalue weighted by Crippen LogP contribution is 2.39. The standard InChI is InChI=1S/C28H35N9O3/c1-27(2)11-6-8-15-16(7-5-9-17(15)27)23(39)33-20-14-37-26(30)34-19(13-32-24(40)18-10-3-4-12-31-18)21-28(37,22(20)38)36-25(29)35-21/h3-5,7,9-10,12,19-22,38H,6,8,11,13-14H2,1-2H3,(H2,30,34)(H,32,40)(H,33,39)(H3,29,35,36)/p+1/t19-,20?,21-,22+,28?/m0/s1. The second-order valence-corrected chi connectivity index (χ2v) is 11.7. The molecule has 4 aliphatic rings. The number of nitrogens with two attached hydrogens (primary N) is 2. The van der Waals surface area contributed by atoms with E-state index in [1.54, 1.807) is 29.3 Å². The van der Waals surface area contributed by atoms with E-state index in [-0.39, 0.29) is 47.9 Å². The average Bonchev–Trinajstić information content (AvgIpc) is 3.43. The number of carbonyl (C=O) groups is 2. The Bertz CT molecular complexity index is 1410. The minimum atomic E-state index is -1.16. The highest BCUT2D eigenvalue weighted by Gasteiger charge is 2.68. The molecule has 9 N–H and O–H groups in total. The summed E-state index contributed by atoms with van der Waals surface area (Å²) in [7, 11) is 0. The summed E-state index contributed by atoms with van der Waals surface area (Å²) in [5, 5.41) is 20.8. The number of guanidine groups is 2. The summed E-state index contributed by atoms with van der Waals surface area (Å²) in [6, 6.07) is 9.23. The normalized spacial score (nSPS) is 29.7. The van der Waals surface area contributed by atoms with Crippen LogP contribution in [0.2, 0.25) is 0 Å². The minimum absolute atomic E-state index is 0.00228. The molecule has 1 aromatic heterocycles. The lowest BCUT2D eigenvalue weighted by Gasteiger charge is -2.43. The number of aliphatic imine (C=N–C) groups is 1. The first kappa shape index (κ1) is 26.1. The molecule has 1 spiro atoms. The SMILES string of the molecule is CC1(C)CCCc2c(C(=O)NC3CN4C(N)=N[C@@H](CNC(=O)c5ccccn5)[C@@H]5[NH+]=C(N)NC54[C@@H]3O)cccc21. The van der Waals surface area contributed by atoms with Crippen molar-refractivity contribution in [3.8, 4) is 0 Å². The van der Waals surface area contributed by atoms with Crippen LogP contribution in [0.5, 0.6) is 0 Å². The van der Waals surface area contributed by atoms with Gasteiger partial charge in [-0.1, -0.05) is 32.0 Å². The molecular formula is C28H36N9O3+. The fraction of sp³-hybridized carbons (Fsp3) is 0.464. The van der Waals surface area contributed by atoms with Crippen LogP contribution >= 0.6 is 0 Å². The van der Waals surface area contributed by atoms with Crippen molar-refractivity contribution in [2.24, 2.45) is 16.5 Å². The lowest BCUT2D eigenvalue weighted by molar-refractivity contribution is -0.513. The van der Waals surface area contributed by atoms with Crippen molar-refractivity contribution >= 4 is 23.7 Å². The Morgan fingerprint density at radius 1 is 1.20 bits per heavy atom. The van der Waals surface area contributed by atoms with E-state index < -0.39 is 29.9 Å². The molecule has 2 aromatic rings. The fourth-order valence-electron chi connectivity index (χ4n) is 6.86. The molecule has 0 radical (unpaired) electrons. The summed E-state index contributed by atoms with van der Waals surface area (Å²) in [5.41, 5.74) is 14.6. The van der Waals surface area contributed by atoms with Gasteiger partial charge in [-0.3, -0.25) is 25.3 Å². The Labute approximate surface area is 232 Å². The molecule has 1 saturated heterocycles. The number of nitrogens with zero attached hydrogens (tertiary/aromatic N) is 3. The molecule has 1 fully saturated rings. The summed E-state index contributed by atoms with van der Waals surface area (Å²) < 4.78 is 0. The smallest absolute Gasteiger partial charge is 0.343 e. The highest BCUT2D eigenvalue weighted by molar-refractivity contribution is 5.97. The molecule has 1 aliphatic carbocycles. The van der Waals surface area contributed by atoms with Gasteiger partial charge in [0.15, 0.2) is 12.0 Å². The first-order valence-corrected chi connectivity index (χ1v) is 13.7. The molecule has 0 bridgehead atoms. The van der Waals surface area contributed by atoms with E-state index in [4.69, 9.17) is 11.5 Å². The fourth-order valence-corrected chi connectivity index (χ4v) is 6.86. The largest absolute Gasteiger partial charge is 0.385 e. The number of aromatic nitrogens is 1. The molecular weight excluding hydrogens is 510 g/mol. The molecule has 0 saturated carbocycles. The van der Waals surface area contributed by atoms with Gasteiger partial charge < -0.3 is 26.4 Å². The maximum absolute atomic E-state index is 13.6. The maximum atomic E-state index is 13.6. The van der Waals surface area contributed by atoms with Crippen LogP contribution in [0.25, 0.3) is 0 Å². The van der Waals surface area contributed by atoms with Crippen molar-refractivity contribution in [2.75, 3.05) is 13.1 Å². The highest BCUT2D eigenvalue weighted by atomic mass is 16.3. The van der Waals surface area contributed by atoms with Crippen LogP contribution in [0.15, 0.2) is 47.6 Å². The van der Waals surface area contributed by atoms with E-state index >= 15 is 0 Å². The van der Waals surface area contributed by atoms with Crippen LogP contribution in [0.4, 0.5) is 0 Å². The predicted octanol–water partition coefficient (Wildman–Crippen LogP) is -2.34. The molecule has 4 heterocycles. The molecule has 1 aromatic carbocycles. The third kappa shape index (κ3) is 4.05. The topological polar surface area (TPSA) is 185 Å². The van der Waals surface area contributed by atoms with Crippen LogP contribution in [-0.4, -0.2) is 81.7 Å². The van der Waals surface area contributed by atoms with Gasteiger partial charge in [0, 0.05) is 24.8 Å². The molecule has 40 heavy (non-hydrogen) atoms. The van der Waals surface area contributed by atoms with Crippen LogP contribution in [0.1, 0.15) is 58.7 Å². The van der Waals surface area contributed by atoms with Gasteiger partial charge in [-0.2, -0.15) is 0 Å². The van der Waals surface area contributed by atoms with Crippen molar-refractivity contribution in [3.05, 3.63) is 65.0 Å². The molecule has 210 valence electrons. The lowest BCUT2D eigenvalue weighted by atomic mass is 9.71. The molecule has 2 unspecified atom stereocenters. The maximum Gasteiger partial charge on any atom is 0.343 e. The summed E-state index contributed by atoms with van der Waals surface area (Å²) in [5.74, 6) is -0.137. The molecule has 6 rings (SSSR count). The number of nitrogens with one attached hydrogen (secondary N) is 4. The second-order valence-electron chi connectivity index (χ2n) is 11.7. The number of aliphatic hydroxyl groups excluding tert-OH is 1.